The van der Waals surface area contributed by atoms with Crippen LogP contribution in [0.25, 0.3) is 22.5 Å². The van der Waals surface area contributed by atoms with Gasteiger partial charge in [-0.05, 0) is 76.0 Å². The highest BCUT2D eigenvalue weighted by Gasteiger charge is 2.38. The average molecular weight is 858 g/mol. The Morgan fingerprint density at radius 3 is 1.82 bits per heavy atom. The lowest BCUT2D eigenvalue weighted by atomic mass is 9.97. The van der Waals surface area contributed by atoms with Crippen LogP contribution >= 0.6 is 0 Å². The molecule has 5 aromatic carbocycles. The first-order valence-corrected chi connectivity index (χ1v) is 21.1. The van der Waals surface area contributed by atoms with Crippen molar-refractivity contribution >= 4 is 37.5 Å². The zero-order chi connectivity index (χ0) is 43.0. The van der Waals surface area contributed by atoms with E-state index in [4.69, 9.17) is 30.8 Å². The third kappa shape index (κ3) is 9.75. The Kier molecular flexibility index (Phi) is 13.2. The zero-order valence-electron chi connectivity index (χ0n) is 32.8. The molecule has 0 fully saturated rings. The zero-order valence-corrected chi connectivity index (χ0v) is 34.4. The monoisotopic (exact) mass is 857 g/mol. The van der Waals surface area contributed by atoms with Crippen molar-refractivity contribution in [2.24, 2.45) is 0 Å². The lowest BCUT2D eigenvalue weighted by Crippen LogP contribution is -2.36. The molecule has 20 heteroatoms. The molecule has 0 unspecified atom stereocenters. The Balaban J connectivity index is 1.62. The molecule has 18 nitrogen and oxygen atoms in total. The fourth-order valence-corrected chi connectivity index (χ4v) is 9.70. The summed E-state index contributed by atoms with van der Waals surface area (Å²) in [7, 11) is -5.12. The van der Waals surface area contributed by atoms with Gasteiger partial charge in [0.1, 0.15) is 27.0 Å². The number of nitrogens with one attached hydrogen (secondary N) is 2. The number of carbonyl (C=O) groups is 1. The molecule has 1 heterocycles. The molecule has 0 aliphatic heterocycles. The molecule has 0 bridgehead atoms. The van der Waals surface area contributed by atoms with Gasteiger partial charge >= 0.3 is 6.09 Å². The second-order valence-electron chi connectivity index (χ2n) is 13.2. The molecule has 6 aromatic rings. The smallest absolute Gasteiger partial charge is 0.404 e. The van der Waals surface area contributed by atoms with E-state index in [1.807, 2.05) is 0 Å². The van der Waals surface area contributed by atoms with Gasteiger partial charge in [0.2, 0.25) is 25.9 Å². The van der Waals surface area contributed by atoms with E-state index in [0.29, 0.717) is 28.4 Å². The molecule has 0 radical (unpaired) electrons. The minimum absolute atomic E-state index is 0.0921. The Morgan fingerprint density at radius 1 is 0.733 bits per heavy atom. The van der Waals surface area contributed by atoms with Gasteiger partial charge < -0.3 is 36.1 Å². The van der Waals surface area contributed by atoms with Gasteiger partial charge in [0.25, 0.3) is 0 Å². The molecular formula is C40H43N9O9S2. The largest absolute Gasteiger partial charge is 0.497 e. The molecule has 0 spiro atoms. The van der Waals surface area contributed by atoms with E-state index in [-0.39, 0.29) is 60.1 Å². The van der Waals surface area contributed by atoms with Gasteiger partial charge in [0.05, 0.1) is 44.8 Å². The number of carboxylic acid groups (broad SMARTS) is 1. The number of rotatable bonds is 18. The number of nitrogen functional groups attached to an aromatic ring is 2. The first-order valence-electron chi connectivity index (χ1n) is 18.2. The molecule has 0 saturated carbocycles. The first kappa shape index (κ1) is 42.9. The highest BCUT2D eigenvalue weighted by molar-refractivity contribution is 7.92. The molecule has 0 atom stereocenters. The first-order chi connectivity index (χ1) is 28.7. The van der Waals surface area contributed by atoms with Crippen LogP contribution < -0.4 is 35.7 Å². The van der Waals surface area contributed by atoms with Crippen molar-refractivity contribution in [3.8, 4) is 39.8 Å². The Labute approximate surface area is 346 Å². The number of aromatic nitrogens is 4. The number of methoxy groups -OCH3 is 3. The molecule has 314 valence electrons. The number of amides is 1. The number of sulfonamides is 2. The SMILES string of the molecule is COc1ccc(CN(Cc2ccc(OC)cc2)S(=O)(=O)c2c(S(=O)(=O)NCCNC(=O)O)ccc(-c3cccc(N)c3N)c2-c2nnn(Cc3ccc(OC)cc3)n2)cc1. The van der Waals surface area contributed by atoms with Crippen molar-refractivity contribution in [2.45, 2.75) is 29.4 Å². The number of anilines is 2. The van der Waals surface area contributed by atoms with E-state index < -0.39 is 42.5 Å². The number of hydrogen-bond acceptors (Lipinski definition) is 13. The highest BCUT2D eigenvalue weighted by atomic mass is 32.2. The van der Waals surface area contributed by atoms with Gasteiger partial charge in [-0.3, -0.25) is 0 Å². The van der Waals surface area contributed by atoms with Crippen molar-refractivity contribution < 1.29 is 40.9 Å². The Hall–Kier alpha value is -6.74. The quantitative estimate of drug-likeness (QED) is 0.0601. The molecule has 1 amide bonds. The Bertz CT molecular complexity index is 2630. The van der Waals surface area contributed by atoms with Crippen molar-refractivity contribution in [3.63, 3.8) is 0 Å². The summed E-state index contributed by atoms with van der Waals surface area (Å²) >= 11 is 0. The lowest BCUT2D eigenvalue weighted by molar-refractivity contribution is 0.194. The van der Waals surface area contributed by atoms with Crippen LogP contribution in [-0.4, -0.2) is 87.0 Å². The summed E-state index contributed by atoms with van der Waals surface area (Å²) in [6, 6.07) is 27.9. The number of nitrogens with zero attached hydrogens (tertiary/aromatic N) is 5. The molecule has 0 aliphatic rings. The summed E-state index contributed by atoms with van der Waals surface area (Å²) in [6.45, 7) is -1.08. The number of hydrogen-bond donors (Lipinski definition) is 5. The van der Waals surface area contributed by atoms with E-state index in [2.05, 4.69) is 25.4 Å². The second-order valence-corrected chi connectivity index (χ2v) is 16.8. The van der Waals surface area contributed by atoms with Gasteiger partial charge in [-0.1, -0.05) is 54.6 Å². The molecule has 1 aromatic heterocycles. The van der Waals surface area contributed by atoms with E-state index in [0.717, 1.165) is 15.9 Å². The van der Waals surface area contributed by atoms with Crippen molar-refractivity contribution in [3.05, 3.63) is 120 Å². The molecule has 6 rings (SSSR count). The van der Waals surface area contributed by atoms with E-state index in [1.54, 1.807) is 98.1 Å². The third-order valence-corrected chi connectivity index (χ3v) is 12.8. The number of ether oxygens (including phenoxy) is 3. The van der Waals surface area contributed by atoms with Gasteiger partial charge in [0, 0.05) is 31.7 Å². The van der Waals surface area contributed by atoms with Crippen LogP contribution in [0.3, 0.4) is 0 Å². The van der Waals surface area contributed by atoms with Crippen molar-refractivity contribution in [1.82, 2.24) is 34.6 Å². The van der Waals surface area contributed by atoms with Crippen molar-refractivity contribution in [2.75, 3.05) is 45.9 Å². The molecule has 0 saturated heterocycles. The van der Waals surface area contributed by atoms with Crippen LogP contribution in [0, 0.1) is 0 Å². The lowest BCUT2D eigenvalue weighted by Gasteiger charge is -2.26. The number of tetrazole rings is 1. The minimum Gasteiger partial charge on any atom is -0.497 e. The standard InChI is InChI=1S/C40H43N9O9S2/c1-56-29-13-7-26(8-14-29)23-48(24-27-9-15-30(57-2)16-10-27)60(54,55)38-35(59(52,53)44-22-21-43-40(50)51)20-19-32(33-5-4-6-34(41)37(33)42)36(38)39-45-47-49(46-39)25-28-11-17-31(58-3)18-12-28/h4-20,43-44H,21-25,41-42H2,1-3H3,(H,50,51). The fourth-order valence-electron chi connectivity index (χ4n) is 6.26. The molecular weight excluding hydrogens is 815 g/mol. The maximum absolute atomic E-state index is 15.7. The van der Waals surface area contributed by atoms with E-state index in [9.17, 15) is 13.2 Å². The van der Waals surface area contributed by atoms with Crippen LogP contribution in [0.15, 0.2) is 113 Å². The van der Waals surface area contributed by atoms with Crippen LogP contribution in [-0.2, 0) is 39.7 Å². The van der Waals surface area contributed by atoms with Gasteiger partial charge in [-0.15, -0.1) is 10.2 Å². The fraction of sp³-hybridized carbons (Fsp3) is 0.200. The van der Waals surface area contributed by atoms with Crippen molar-refractivity contribution in [1.29, 1.82) is 0 Å². The predicted octanol–water partition coefficient (Wildman–Crippen LogP) is 4.18. The summed E-state index contributed by atoms with van der Waals surface area (Å²) in [5.74, 6) is 1.47. The summed E-state index contributed by atoms with van der Waals surface area (Å²) in [6.07, 6.45) is -1.37. The average Bonchev–Trinajstić information content (AvgIpc) is 3.71. The van der Waals surface area contributed by atoms with Gasteiger partial charge in [-0.25, -0.2) is 26.4 Å². The van der Waals surface area contributed by atoms with Crippen LogP contribution in [0.4, 0.5) is 16.2 Å². The van der Waals surface area contributed by atoms with Gasteiger partial charge in [0.15, 0.2) is 0 Å². The summed E-state index contributed by atoms with van der Waals surface area (Å²) < 4.78 is 79.5. The number of para-hydroxylation sites is 1. The highest BCUT2D eigenvalue weighted by Crippen LogP contribution is 2.43. The topological polar surface area (TPSA) is 256 Å². The van der Waals surface area contributed by atoms with Crippen LogP contribution in [0.1, 0.15) is 16.7 Å². The van der Waals surface area contributed by atoms with E-state index >= 15 is 8.42 Å². The van der Waals surface area contributed by atoms with Crippen LogP contribution in [0.2, 0.25) is 0 Å². The molecule has 7 N–H and O–H groups in total. The third-order valence-electron chi connectivity index (χ3n) is 9.33. The summed E-state index contributed by atoms with van der Waals surface area (Å²) in [5.41, 5.74) is 15.1. The second kappa shape index (κ2) is 18.5. The maximum atomic E-state index is 15.7. The normalized spacial score (nSPS) is 11.7. The summed E-state index contributed by atoms with van der Waals surface area (Å²) in [4.78, 5) is 11.0. The maximum Gasteiger partial charge on any atom is 0.404 e. The number of nitrogens with two attached hydrogens (primary N) is 2. The van der Waals surface area contributed by atoms with Gasteiger partial charge in [-0.2, -0.15) is 9.10 Å². The molecule has 0 aliphatic carbocycles. The Morgan fingerprint density at radius 2 is 1.28 bits per heavy atom. The minimum atomic E-state index is -4.94. The summed E-state index contributed by atoms with van der Waals surface area (Å²) in [5, 5.41) is 24.3. The predicted molar refractivity (Wildman–Crippen MR) is 223 cm³/mol. The molecule has 60 heavy (non-hydrogen) atoms. The van der Waals surface area contributed by atoms with E-state index in [1.165, 1.54) is 25.1 Å². The van der Waals surface area contributed by atoms with Crippen LogP contribution in [0.5, 0.6) is 17.2 Å². The number of benzene rings is 5.